The number of pyridine rings is 1. The third-order valence-electron chi connectivity index (χ3n) is 10.4. The molecule has 0 atom stereocenters. The van der Waals surface area contributed by atoms with Gasteiger partial charge in [0.05, 0.1) is 33.5 Å². The second-order valence-corrected chi connectivity index (χ2v) is 13.5. The molecule has 5 nitrogen and oxygen atoms in total. The van der Waals surface area contributed by atoms with Crippen LogP contribution in [0.25, 0.3) is 72.0 Å². The van der Waals surface area contributed by atoms with E-state index in [0.717, 1.165) is 66.3 Å². The lowest BCUT2D eigenvalue weighted by Crippen LogP contribution is -2.30. The van der Waals surface area contributed by atoms with Crippen LogP contribution in [0.1, 0.15) is 20.7 Å². The fourth-order valence-corrected chi connectivity index (χ4v) is 7.95. The zero-order valence-corrected chi connectivity index (χ0v) is 29.1. The molecule has 10 rings (SSSR count). The smallest absolute Gasteiger partial charge is 0.268 e. The van der Waals surface area contributed by atoms with E-state index in [4.69, 9.17) is 0 Å². The lowest BCUT2D eigenvalue weighted by atomic mass is 9.90. The molecule has 0 unspecified atom stereocenters. The quantitative estimate of drug-likeness (QED) is 0.163. The molecule has 2 aromatic heterocycles. The van der Waals surface area contributed by atoms with Gasteiger partial charge in [0, 0.05) is 39.9 Å². The zero-order valence-electron chi connectivity index (χ0n) is 29.1. The molecule has 254 valence electrons. The van der Waals surface area contributed by atoms with Gasteiger partial charge in [0.1, 0.15) is 0 Å². The molecule has 0 saturated heterocycles. The summed E-state index contributed by atoms with van der Waals surface area (Å²) in [6, 6.07) is 58.6. The monoisotopic (exact) mass is 693 g/mol. The molecule has 0 saturated carbocycles. The van der Waals surface area contributed by atoms with Crippen LogP contribution in [0.3, 0.4) is 0 Å². The van der Waals surface area contributed by atoms with Crippen LogP contribution in [0, 0.1) is 0 Å². The van der Waals surface area contributed by atoms with Gasteiger partial charge in [0.25, 0.3) is 11.8 Å². The van der Waals surface area contributed by atoms with Gasteiger partial charge in [0.2, 0.25) is 0 Å². The summed E-state index contributed by atoms with van der Waals surface area (Å²) in [6.45, 7) is 0. The Hall–Kier alpha value is -7.37. The number of carbonyl (C=O) groups excluding carboxylic acids is 2. The summed E-state index contributed by atoms with van der Waals surface area (Å²) in [7, 11) is 0. The number of nitrogens with zero attached hydrogens (tertiary/aromatic N) is 3. The molecule has 0 N–H and O–H groups in total. The maximum absolute atomic E-state index is 15.2. The first-order chi connectivity index (χ1) is 26.7. The van der Waals surface area contributed by atoms with E-state index in [-0.39, 0.29) is 11.8 Å². The number of hydrogen-bond donors (Lipinski definition) is 0. The SMILES string of the molecule is O=C1c2cccc(-n3c4ccccc4c4cc(-c5cccnc5)ccc43)c2C(=O)N1c1c(-c2ccccc2)cc(-c2ccccc2)cc1-c1ccccc1. The topological polar surface area (TPSA) is 55.2 Å². The minimum atomic E-state index is -0.356. The van der Waals surface area contributed by atoms with Crippen molar-refractivity contribution in [2.75, 3.05) is 4.90 Å². The van der Waals surface area contributed by atoms with E-state index in [1.165, 1.54) is 4.90 Å². The Morgan fingerprint density at radius 3 is 1.69 bits per heavy atom. The van der Waals surface area contributed by atoms with Gasteiger partial charge in [-0.25, -0.2) is 4.90 Å². The molecule has 0 aliphatic carbocycles. The third kappa shape index (κ3) is 4.98. The normalized spacial score (nSPS) is 12.5. The average Bonchev–Trinajstić information content (AvgIpc) is 3.71. The van der Waals surface area contributed by atoms with E-state index in [2.05, 4.69) is 70.2 Å². The molecule has 0 bridgehead atoms. The fraction of sp³-hybridized carbons (Fsp3) is 0. The number of anilines is 1. The van der Waals surface area contributed by atoms with Gasteiger partial charge in [-0.15, -0.1) is 0 Å². The lowest BCUT2D eigenvalue weighted by molar-refractivity contribution is 0.0926. The number of carbonyl (C=O) groups is 2. The standard InChI is InChI=1S/C49H31N3O2/c53-48-39-22-12-24-45(51-43-23-11-10-21-38(43)42-28-35(25-26-44(42)51)36-20-13-27-50-31-36)46(39)49(54)52(48)47-40(33-16-6-2-7-17-33)29-37(32-14-4-1-5-15-32)30-41(47)34-18-8-3-9-19-34/h1-31H. The average molecular weight is 694 g/mol. The molecule has 3 heterocycles. The van der Waals surface area contributed by atoms with Crippen LogP contribution < -0.4 is 4.90 Å². The summed E-state index contributed by atoms with van der Waals surface area (Å²) in [4.78, 5) is 35.9. The summed E-state index contributed by atoms with van der Waals surface area (Å²) in [5, 5.41) is 2.10. The van der Waals surface area contributed by atoms with Crippen LogP contribution in [0.4, 0.5) is 5.69 Å². The third-order valence-corrected chi connectivity index (χ3v) is 10.4. The van der Waals surface area contributed by atoms with E-state index in [9.17, 15) is 4.79 Å². The molecule has 1 aliphatic heterocycles. The van der Waals surface area contributed by atoms with Crippen LogP contribution >= 0.6 is 0 Å². The molecular weight excluding hydrogens is 663 g/mol. The Morgan fingerprint density at radius 2 is 1.02 bits per heavy atom. The number of hydrogen-bond acceptors (Lipinski definition) is 3. The van der Waals surface area contributed by atoms with Crippen molar-refractivity contribution >= 4 is 39.3 Å². The molecule has 2 amide bonds. The molecular formula is C49H31N3O2. The lowest BCUT2D eigenvalue weighted by Gasteiger charge is -2.24. The summed E-state index contributed by atoms with van der Waals surface area (Å²) >= 11 is 0. The number of fused-ring (bicyclic) bond motifs is 4. The minimum absolute atomic E-state index is 0.349. The molecule has 0 fully saturated rings. The number of amides is 2. The van der Waals surface area contributed by atoms with Gasteiger partial charge in [-0.05, 0) is 76.3 Å². The molecule has 1 aliphatic rings. The molecule has 0 radical (unpaired) electrons. The van der Waals surface area contributed by atoms with E-state index < -0.39 is 0 Å². The summed E-state index contributed by atoms with van der Waals surface area (Å²) < 4.78 is 2.12. The first-order valence-corrected chi connectivity index (χ1v) is 18.0. The van der Waals surface area contributed by atoms with Crippen LogP contribution in [0.2, 0.25) is 0 Å². The molecule has 7 aromatic carbocycles. The van der Waals surface area contributed by atoms with Gasteiger partial charge in [0.15, 0.2) is 0 Å². The van der Waals surface area contributed by atoms with Crippen LogP contribution in [0.5, 0.6) is 0 Å². The molecule has 9 aromatic rings. The number of benzene rings is 7. The number of aromatic nitrogens is 2. The maximum Gasteiger partial charge on any atom is 0.268 e. The largest absolute Gasteiger partial charge is 0.308 e. The van der Waals surface area contributed by atoms with Crippen molar-refractivity contribution in [3.8, 4) is 50.2 Å². The summed E-state index contributed by atoms with van der Waals surface area (Å²) in [5.41, 5.74) is 11.4. The van der Waals surface area contributed by atoms with Crippen molar-refractivity contribution < 1.29 is 9.59 Å². The van der Waals surface area contributed by atoms with Crippen molar-refractivity contribution in [2.24, 2.45) is 0 Å². The Morgan fingerprint density at radius 1 is 0.407 bits per heavy atom. The second kappa shape index (κ2) is 12.7. The van der Waals surface area contributed by atoms with Gasteiger partial charge < -0.3 is 4.57 Å². The van der Waals surface area contributed by atoms with E-state index in [1.54, 1.807) is 12.3 Å². The highest BCUT2D eigenvalue weighted by molar-refractivity contribution is 6.37. The predicted octanol–water partition coefficient (Wildman–Crippen LogP) is 11.6. The van der Waals surface area contributed by atoms with Crippen LogP contribution in [0.15, 0.2) is 188 Å². The highest BCUT2D eigenvalue weighted by atomic mass is 16.2. The van der Waals surface area contributed by atoms with E-state index >= 15 is 4.79 Å². The maximum atomic E-state index is 15.2. The van der Waals surface area contributed by atoms with Crippen molar-refractivity contribution in [1.29, 1.82) is 0 Å². The Bertz CT molecular complexity index is 2840. The second-order valence-electron chi connectivity index (χ2n) is 13.5. The van der Waals surface area contributed by atoms with Crippen LogP contribution in [-0.4, -0.2) is 21.4 Å². The van der Waals surface area contributed by atoms with Gasteiger partial charge in [-0.3, -0.25) is 14.6 Å². The van der Waals surface area contributed by atoms with Gasteiger partial charge in [-0.2, -0.15) is 0 Å². The van der Waals surface area contributed by atoms with Crippen molar-refractivity contribution in [2.45, 2.75) is 0 Å². The highest BCUT2D eigenvalue weighted by Crippen LogP contribution is 2.47. The van der Waals surface area contributed by atoms with Gasteiger partial charge in [-0.1, -0.05) is 127 Å². The predicted molar refractivity (Wildman–Crippen MR) is 218 cm³/mol. The molecule has 54 heavy (non-hydrogen) atoms. The highest BCUT2D eigenvalue weighted by Gasteiger charge is 2.41. The van der Waals surface area contributed by atoms with Crippen molar-refractivity contribution in [1.82, 2.24) is 9.55 Å². The van der Waals surface area contributed by atoms with E-state index in [0.29, 0.717) is 22.5 Å². The van der Waals surface area contributed by atoms with Gasteiger partial charge >= 0.3 is 0 Å². The Balaban J connectivity index is 1.21. The fourth-order valence-electron chi connectivity index (χ4n) is 7.95. The first kappa shape index (κ1) is 31.4. The number of rotatable bonds is 6. The Labute approximate surface area is 312 Å². The number of imide groups is 1. The van der Waals surface area contributed by atoms with Crippen molar-refractivity contribution in [3.05, 3.63) is 199 Å². The van der Waals surface area contributed by atoms with Crippen LogP contribution in [-0.2, 0) is 0 Å². The summed E-state index contributed by atoms with van der Waals surface area (Å²) in [6.07, 6.45) is 3.64. The summed E-state index contributed by atoms with van der Waals surface area (Å²) in [5.74, 6) is -0.705. The molecule has 5 heteroatoms. The zero-order chi connectivity index (χ0) is 36.2. The Kier molecular flexibility index (Phi) is 7.37. The first-order valence-electron chi connectivity index (χ1n) is 18.0. The van der Waals surface area contributed by atoms with E-state index in [1.807, 2.05) is 115 Å². The number of para-hydroxylation sites is 1. The molecule has 0 spiro atoms. The van der Waals surface area contributed by atoms with Crippen molar-refractivity contribution in [3.63, 3.8) is 0 Å². The minimum Gasteiger partial charge on any atom is -0.308 e.